The molecule has 1 aromatic carbocycles. The van der Waals surface area contributed by atoms with Gasteiger partial charge in [-0.15, -0.1) is 5.10 Å². The van der Waals surface area contributed by atoms with E-state index in [1.54, 1.807) is 6.07 Å². The van der Waals surface area contributed by atoms with Crippen molar-refractivity contribution in [3.8, 4) is 0 Å². The van der Waals surface area contributed by atoms with Crippen LogP contribution in [0.25, 0.3) is 0 Å². The Balaban J connectivity index is 1.09. The van der Waals surface area contributed by atoms with Gasteiger partial charge in [-0.1, -0.05) is 40.9 Å². The van der Waals surface area contributed by atoms with E-state index in [2.05, 4.69) is 55.0 Å². The van der Waals surface area contributed by atoms with Crippen LogP contribution < -0.4 is 15.8 Å². The molecule has 1 N–H and O–H groups in total. The molecule has 3 aliphatic rings. The first-order valence-corrected chi connectivity index (χ1v) is 13.3. The van der Waals surface area contributed by atoms with Gasteiger partial charge in [-0.3, -0.25) is 14.5 Å². The summed E-state index contributed by atoms with van der Waals surface area (Å²) in [6.45, 7) is 5.22. The van der Waals surface area contributed by atoms with Gasteiger partial charge in [0.2, 0.25) is 0 Å². The molecule has 3 aliphatic heterocycles. The minimum atomic E-state index is -0.123. The largest absolute Gasteiger partial charge is 0.359 e. The maximum Gasteiger partial charge on any atom is 0.275 e. The topological polar surface area (TPSA) is 83.4 Å². The second-order valence-corrected chi connectivity index (χ2v) is 10.8. The summed E-state index contributed by atoms with van der Waals surface area (Å²) in [5, 5.41) is 8.31. The van der Waals surface area contributed by atoms with E-state index in [1.165, 1.54) is 17.1 Å². The molecule has 2 atom stereocenters. The van der Waals surface area contributed by atoms with E-state index in [0.29, 0.717) is 11.6 Å². The number of fused-ring (bicyclic) bond motifs is 4. The van der Waals surface area contributed by atoms with Crippen LogP contribution in [0.3, 0.4) is 0 Å². The van der Waals surface area contributed by atoms with Crippen molar-refractivity contribution in [3.05, 3.63) is 75.8 Å². The number of pyridine rings is 1. The van der Waals surface area contributed by atoms with Crippen LogP contribution in [0.1, 0.15) is 46.9 Å². The van der Waals surface area contributed by atoms with Crippen molar-refractivity contribution >= 4 is 22.4 Å². The molecule has 2 aromatic heterocycles. The fourth-order valence-corrected chi connectivity index (χ4v) is 6.61. The molecule has 8 nitrogen and oxygen atoms in total. The summed E-state index contributed by atoms with van der Waals surface area (Å²) in [6.07, 6.45) is 2.95. The molecule has 2 saturated heterocycles. The minimum absolute atomic E-state index is 0.0833. The minimum Gasteiger partial charge on any atom is -0.359 e. The highest BCUT2D eigenvalue weighted by Crippen LogP contribution is 2.38. The van der Waals surface area contributed by atoms with Gasteiger partial charge in [-0.05, 0) is 36.8 Å². The average Bonchev–Trinajstić information content (AvgIpc) is 3.37. The molecular weight excluding hydrogens is 460 g/mol. The number of hydrogen-bond acceptors (Lipinski definition) is 7. The van der Waals surface area contributed by atoms with Crippen molar-refractivity contribution in [1.82, 2.24) is 24.4 Å². The zero-order valence-corrected chi connectivity index (χ0v) is 20.5. The lowest BCUT2D eigenvalue weighted by molar-refractivity contribution is 0.0904. The van der Waals surface area contributed by atoms with Gasteiger partial charge in [-0.2, -0.15) is 0 Å². The van der Waals surface area contributed by atoms with Gasteiger partial charge >= 0.3 is 0 Å². The van der Waals surface area contributed by atoms with Gasteiger partial charge in [0.25, 0.3) is 11.5 Å². The Bertz CT molecular complexity index is 1250. The third-order valence-corrected chi connectivity index (χ3v) is 8.41. The zero-order valence-electron chi connectivity index (χ0n) is 19.7. The molecule has 1 amide bonds. The highest BCUT2D eigenvalue weighted by Gasteiger charge is 2.37. The second kappa shape index (κ2) is 9.54. The fraction of sp³-hybridized carbons (Fsp3) is 0.462. The molecule has 0 saturated carbocycles. The summed E-state index contributed by atoms with van der Waals surface area (Å²) in [4.78, 5) is 30.2. The van der Waals surface area contributed by atoms with Crippen LogP contribution in [0.4, 0.5) is 5.00 Å². The monoisotopic (exact) mass is 490 g/mol. The summed E-state index contributed by atoms with van der Waals surface area (Å²) < 4.78 is 6.08. The van der Waals surface area contributed by atoms with Gasteiger partial charge in [0.1, 0.15) is 5.00 Å². The summed E-state index contributed by atoms with van der Waals surface area (Å²) in [6, 6.07) is 16.2. The van der Waals surface area contributed by atoms with Gasteiger partial charge in [0, 0.05) is 74.5 Å². The number of amides is 1. The number of anilines is 1. The van der Waals surface area contributed by atoms with Crippen LogP contribution in [-0.2, 0) is 13.1 Å². The Kier molecular flexibility index (Phi) is 6.12. The molecular formula is C26H30N6O2S. The Morgan fingerprint density at radius 1 is 1.03 bits per heavy atom. The van der Waals surface area contributed by atoms with Crippen molar-refractivity contribution in [3.63, 3.8) is 0 Å². The summed E-state index contributed by atoms with van der Waals surface area (Å²) >= 11 is 1.30. The highest BCUT2D eigenvalue weighted by molar-refractivity contribution is 7.10. The molecule has 35 heavy (non-hydrogen) atoms. The van der Waals surface area contributed by atoms with E-state index in [0.717, 1.165) is 69.2 Å². The lowest BCUT2D eigenvalue weighted by Gasteiger charge is -2.43. The first kappa shape index (κ1) is 22.4. The first-order chi connectivity index (χ1) is 17.1. The quantitative estimate of drug-likeness (QED) is 0.592. The van der Waals surface area contributed by atoms with Crippen LogP contribution in [0.15, 0.2) is 53.3 Å². The molecule has 0 spiro atoms. The molecule has 0 aliphatic carbocycles. The number of piperidine rings is 2. The molecule has 2 fully saturated rings. The van der Waals surface area contributed by atoms with E-state index in [-0.39, 0.29) is 23.4 Å². The molecule has 0 radical (unpaired) electrons. The predicted octanol–water partition coefficient (Wildman–Crippen LogP) is 2.72. The Hall–Kier alpha value is -3.04. The predicted molar refractivity (Wildman–Crippen MR) is 136 cm³/mol. The normalized spacial score (nSPS) is 22.6. The third kappa shape index (κ3) is 4.62. The SMILES string of the molecule is O=C(NC1CCN(Cc2ccccc2)CC1)c1nnsc1N1CC2CC(C1)c1cccc(=O)n1C2. The molecule has 3 aromatic rings. The van der Waals surface area contributed by atoms with Crippen LogP contribution in [-0.4, -0.2) is 57.2 Å². The molecule has 2 bridgehead atoms. The Labute approximate surface area is 208 Å². The number of aromatic nitrogens is 3. The smallest absolute Gasteiger partial charge is 0.275 e. The number of carbonyl (C=O) groups is 1. The third-order valence-electron chi connectivity index (χ3n) is 7.62. The fourth-order valence-electron chi connectivity index (χ4n) is 5.93. The molecule has 182 valence electrons. The highest BCUT2D eigenvalue weighted by atomic mass is 32.1. The number of rotatable bonds is 5. The van der Waals surface area contributed by atoms with Crippen LogP contribution in [0.5, 0.6) is 0 Å². The molecule has 9 heteroatoms. The number of nitrogens with one attached hydrogen (secondary N) is 1. The molecule has 2 unspecified atom stereocenters. The maximum absolute atomic E-state index is 13.2. The van der Waals surface area contributed by atoms with Gasteiger partial charge in [-0.25, -0.2) is 0 Å². The number of carbonyl (C=O) groups excluding carboxylic acids is 1. The van der Waals surface area contributed by atoms with Crippen LogP contribution in [0.2, 0.25) is 0 Å². The van der Waals surface area contributed by atoms with Crippen molar-refractivity contribution < 1.29 is 4.79 Å². The Morgan fingerprint density at radius 3 is 2.69 bits per heavy atom. The summed E-state index contributed by atoms with van der Waals surface area (Å²) in [5.41, 5.74) is 2.95. The summed E-state index contributed by atoms with van der Waals surface area (Å²) in [7, 11) is 0. The molecule has 6 rings (SSSR count). The average molecular weight is 491 g/mol. The standard InChI is InChI=1S/C26H30N6O2S/c33-23-8-4-7-22-20-13-19(16-32(22)23)15-31(17-20)26-24(28-29-35-26)25(34)27-21-9-11-30(12-10-21)14-18-5-2-1-3-6-18/h1-8,19-21H,9-17H2,(H,27,34). The van der Waals surface area contributed by atoms with Gasteiger partial charge < -0.3 is 14.8 Å². The lowest BCUT2D eigenvalue weighted by Crippen LogP contribution is -2.48. The van der Waals surface area contributed by atoms with Crippen molar-refractivity contribution in [2.75, 3.05) is 31.1 Å². The number of benzene rings is 1. The van der Waals surface area contributed by atoms with Crippen molar-refractivity contribution in [2.24, 2.45) is 5.92 Å². The van der Waals surface area contributed by atoms with Gasteiger partial charge in [0.05, 0.1) is 0 Å². The zero-order chi connectivity index (χ0) is 23.8. The van der Waals surface area contributed by atoms with E-state index in [4.69, 9.17) is 0 Å². The van der Waals surface area contributed by atoms with Crippen LogP contribution in [0, 0.1) is 5.92 Å². The lowest BCUT2D eigenvalue weighted by atomic mass is 9.83. The van der Waals surface area contributed by atoms with Crippen molar-refractivity contribution in [2.45, 2.75) is 44.3 Å². The van der Waals surface area contributed by atoms with E-state index in [9.17, 15) is 9.59 Å². The molecule has 5 heterocycles. The van der Waals surface area contributed by atoms with E-state index in [1.807, 2.05) is 16.7 Å². The number of likely N-dealkylation sites (tertiary alicyclic amines) is 1. The van der Waals surface area contributed by atoms with E-state index >= 15 is 0 Å². The van der Waals surface area contributed by atoms with Crippen LogP contribution >= 0.6 is 11.5 Å². The number of hydrogen-bond donors (Lipinski definition) is 1. The van der Waals surface area contributed by atoms with Crippen molar-refractivity contribution in [1.29, 1.82) is 0 Å². The van der Waals surface area contributed by atoms with E-state index < -0.39 is 0 Å². The Morgan fingerprint density at radius 2 is 1.86 bits per heavy atom. The maximum atomic E-state index is 13.2. The second-order valence-electron chi connectivity index (χ2n) is 10.0. The first-order valence-electron chi connectivity index (χ1n) is 12.5. The summed E-state index contributed by atoms with van der Waals surface area (Å²) in [5.74, 6) is 0.541. The number of nitrogens with zero attached hydrogens (tertiary/aromatic N) is 5. The van der Waals surface area contributed by atoms with Gasteiger partial charge in [0.15, 0.2) is 5.69 Å².